The number of hydrogen-bond donors (Lipinski definition) is 1. The monoisotopic (exact) mass is 564 g/mol. The van der Waals surface area contributed by atoms with E-state index in [1.807, 2.05) is 13.0 Å². The molecule has 3 aromatic rings. The van der Waals surface area contributed by atoms with Crippen molar-refractivity contribution in [2.45, 2.75) is 109 Å². The Morgan fingerprint density at radius 2 is 1.57 bits per heavy atom. The number of sulfone groups is 1. The summed E-state index contributed by atoms with van der Waals surface area (Å²) in [7, 11) is -3.10. The van der Waals surface area contributed by atoms with Gasteiger partial charge in [0.25, 0.3) is 5.91 Å². The standard InChI is InChI=1S/C32H44N4O3S/c1-3-24-15-17-25(18-16-24)29-21-28(32(37)33-26-13-11-9-7-5-4-6-8-10-12-14-26)30-23(2)35-36(31(30)34-29)27-19-20-40(38,39)22-27/h15-18,21,26-27H,3-14,19-20,22H2,1-2H3,(H,33,37). The molecule has 40 heavy (non-hydrogen) atoms. The van der Waals surface area contributed by atoms with Crippen LogP contribution in [0.2, 0.25) is 0 Å². The molecule has 5 rings (SSSR count). The molecule has 0 bridgehead atoms. The minimum Gasteiger partial charge on any atom is -0.349 e. The Morgan fingerprint density at radius 1 is 0.950 bits per heavy atom. The van der Waals surface area contributed by atoms with Gasteiger partial charge in [0.05, 0.1) is 39.9 Å². The highest BCUT2D eigenvalue weighted by Gasteiger charge is 2.32. The Hall–Kier alpha value is -2.74. The quantitative estimate of drug-likeness (QED) is 0.371. The summed E-state index contributed by atoms with van der Waals surface area (Å²) in [6.07, 6.45) is 14.7. The number of aryl methyl sites for hydroxylation is 2. The highest BCUT2D eigenvalue weighted by Crippen LogP contribution is 2.32. The van der Waals surface area contributed by atoms with Crippen LogP contribution in [-0.4, -0.2) is 46.6 Å². The number of benzene rings is 1. The third kappa shape index (κ3) is 6.76. The fourth-order valence-corrected chi connectivity index (χ4v) is 8.04. The molecule has 1 N–H and O–H groups in total. The number of carbonyl (C=O) groups excluding carboxylic acids is 1. The molecule has 1 unspecified atom stereocenters. The third-order valence-electron chi connectivity index (χ3n) is 8.73. The number of pyridine rings is 1. The van der Waals surface area contributed by atoms with Gasteiger partial charge in [-0.25, -0.2) is 18.1 Å². The van der Waals surface area contributed by atoms with Gasteiger partial charge in [0, 0.05) is 11.6 Å². The first-order valence-corrected chi connectivity index (χ1v) is 17.2. The Labute approximate surface area is 239 Å². The van der Waals surface area contributed by atoms with Gasteiger partial charge >= 0.3 is 0 Å². The van der Waals surface area contributed by atoms with Gasteiger partial charge in [0.2, 0.25) is 0 Å². The molecule has 216 valence electrons. The molecule has 1 saturated carbocycles. The van der Waals surface area contributed by atoms with Crippen molar-refractivity contribution in [3.05, 3.63) is 47.2 Å². The van der Waals surface area contributed by atoms with Crippen molar-refractivity contribution in [1.29, 1.82) is 0 Å². The molecule has 1 atom stereocenters. The van der Waals surface area contributed by atoms with E-state index in [1.165, 1.54) is 50.5 Å². The molecule has 1 aliphatic carbocycles. The zero-order valence-electron chi connectivity index (χ0n) is 24.1. The van der Waals surface area contributed by atoms with E-state index in [0.29, 0.717) is 29.0 Å². The number of fused-ring (bicyclic) bond motifs is 1. The lowest BCUT2D eigenvalue weighted by molar-refractivity contribution is 0.0933. The molecule has 0 radical (unpaired) electrons. The molecule has 1 aliphatic heterocycles. The van der Waals surface area contributed by atoms with Crippen LogP contribution >= 0.6 is 0 Å². The van der Waals surface area contributed by atoms with Crippen LogP contribution in [0.4, 0.5) is 0 Å². The maximum atomic E-state index is 14.0. The average Bonchev–Trinajstić information content (AvgIpc) is 3.48. The summed E-state index contributed by atoms with van der Waals surface area (Å²) in [5.41, 5.74) is 4.77. The van der Waals surface area contributed by atoms with E-state index in [-0.39, 0.29) is 29.5 Å². The summed E-state index contributed by atoms with van der Waals surface area (Å²) in [4.78, 5) is 19.0. The van der Waals surface area contributed by atoms with Crippen LogP contribution in [0.15, 0.2) is 30.3 Å². The average molecular weight is 565 g/mol. The van der Waals surface area contributed by atoms with Gasteiger partial charge in [-0.3, -0.25) is 4.79 Å². The normalized spacial score (nSPS) is 21.1. The van der Waals surface area contributed by atoms with E-state index < -0.39 is 9.84 Å². The van der Waals surface area contributed by atoms with E-state index in [1.54, 1.807) is 4.68 Å². The van der Waals surface area contributed by atoms with Gasteiger partial charge in [0.1, 0.15) is 0 Å². The first-order chi connectivity index (χ1) is 19.3. The Bertz CT molecular complexity index is 1420. The molecule has 1 amide bonds. The number of carbonyl (C=O) groups is 1. The van der Waals surface area contributed by atoms with E-state index in [0.717, 1.165) is 43.1 Å². The number of nitrogens with zero attached hydrogens (tertiary/aromatic N) is 3. The molecular weight excluding hydrogens is 520 g/mol. The van der Waals surface area contributed by atoms with Gasteiger partial charge < -0.3 is 5.32 Å². The smallest absolute Gasteiger partial charge is 0.252 e. The molecule has 2 aromatic heterocycles. The number of amides is 1. The first-order valence-electron chi connectivity index (χ1n) is 15.3. The highest BCUT2D eigenvalue weighted by atomic mass is 32.2. The van der Waals surface area contributed by atoms with E-state index >= 15 is 0 Å². The summed E-state index contributed by atoms with van der Waals surface area (Å²) in [6.45, 7) is 4.02. The van der Waals surface area contributed by atoms with Gasteiger partial charge in [-0.2, -0.15) is 5.10 Å². The summed E-state index contributed by atoms with van der Waals surface area (Å²) >= 11 is 0. The second kappa shape index (κ2) is 12.8. The predicted octanol–water partition coefficient (Wildman–Crippen LogP) is 6.73. The van der Waals surface area contributed by atoms with Crippen LogP contribution < -0.4 is 5.32 Å². The molecule has 7 nitrogen and oxygen atoms in total. The van der Waals surface area contributed by atoms with Gasteiger partial charge in [-0.1, -0.05) is 89.0 Å². The molecular formula is C32H44N4O3S. The number of aromatic nitrogens is 3. The Balaban J connectivity index is 1.51. The fraction of sp³-hybridized carbons (Fsp3) is 0.594. The van der Waals surface area contributed by atoms with Crippen LogP contribution in [-0.2, 0) is 16.3 Å². The molecule has 8 heteroatoms. The van der Waals surface area contributed by atoms with Crippen LogP contribution in [0.5, 0.6) is 0 Å². The summed E-state index contributed by atoms with van der Waals surface area (Å²) < 4.78 is 26.4. The lowest BCUT2D eigenvalue weighted by Gasteiger charge is -2.20. The Morgan fingerprint density at radius 3 is 2.15 bits per heavy atom. The maximum absolute atomic E-state index is 14.0. The molecule has 0 spiro atoms. The second-order valence-electron chi connectivity index (χ2n) is 11.8. The lowest BCUT2D eigenvalue weighted by Crippen LogP contribution is -2.35. The zero-order valence-corrected chi connectivity index (χ0v) is 24.9. The van der Waals surface area contributed by atoms with Crippen LogP contribution in [0, 0.1) is 6.92 Å². The lowest BCUT2D eigenvalue weighted by atomic mass is 9.97. The maximum Gasteiger partial charge on any atom is 0.252 e. The zero-order chi connectivity index (χ0) is 28.1. The molecule has 2 fully saturated rings. The highest BCUT2D eigenvalue weighted by molar-refractivity contribution is 7.91. The van der Waals surface area contributed by atoms with Crippen molar-refractivity contribution in [1.82, 2.24) is 20.1 Å². The van der Waals surface area contributed by atoms with E-state index in [2.05, 4.69) is 36.5 Å². The topological polar surface area (TPSA) is 94.0 Å². The minimum atomic E-state index is -3.10. The van der Waals surface area contributed by atoms with Crippen molar-refractivity contribution in [2.24, 2.45) is 0 Å². The summed E-state index contributed by atoms with van der Waals surface area (Å²) in [5, 5.41) is 8.89. The SMILES string of the molecule is CCc1ccc(-c2cc(C(=O)NC3CCCCCCCCCCC3)c3c(C)nn(C4CCS(=O)(=O)C4)c3n2)cc1. The van der Waals surface area contributed by atoms with Crippen molar-refractivity contribution in [3.8, 4) is 11.3 Å². The molecule has 1 saturated heterocycles. The molecule has 1 aromatic carbocycles. The fourth-order valence-electron chi connectivity index (χ4n) is 6.34. The number of hydrogen-bond acceptors (Lipinski definition) is 5. The molecule has 3 heterocycles. The van der Waals surface area contributed by atoms with Crippen LogP contribution in [0.1, 0.15) is 112 Å². The van der Waals surface area contributed by atoms with Crippen molar-refractivity contribution < 1.29 is 13.2 Å². The van der Waals surface area contributed by atoms with Crippen molar-refractivity contribution >= 4 is 26.8 Å². The molecule has 2 aliphatic rings. The predicted molar refractivity (Wildman–Crippen MR) is 161 cm³/mol. The van der Waals surface area contributed by atoms with Gasteiger partial charge in [-0.15, -0.1) is 0 Å². The van der Waals surface area contributed by atoms with Crippen molar-refractivity contribution in [3.63, 3.8) is 0 Å². The van der Waals surface area contributed by atoms with Crippen molar-refractivity contribution in [2.75, 3.05) is 11.5 Å². The van der Waals surface area contributed by atoms with Gasteiger partial charge in [-0.05, 0) is 44.2 Å². The van der Waals surface area contributed by atoms with Crippen LogP contribution in [0.3, 0.4) is 0 Å². The van der Waals surface area contributed by atoms with E-state index in [4.69, 9.17) is 10.1 Å². The minimum absolute atomic E-state index is 0.0595. The number of rotatable bonds is 5. The summed E-state index contributed by atoms with van der Waals surface area (Å²) in [6, 6.07) is 10.1. The largest absolute Gasteiger partial charge is 0.349 e. The summed E-state index contributed by atoms with van der Waals surface area (Å²) in [5.74, 6) is 0.132. The Kier molecular flexibility index (Phi) is 9.24. The van der Waals surface area contributed by atoms with Crippen LogP contribution in [0.25, 0.3) is 22.3 Å². The number of nitrogens with one attached hydrogen (secondary N) is 1. The second-order valence-corrected chi connectivity index (χ2v) is 14.0. The first kappa shape index (κ1) is 28.8. The third-order valence-corrected chi connectivity index (χ3v) is 10.5. The van der Waals surface area contributed by atoms with Gasteiger partial charge in [0.15, 0.2) is 15.5 Å². The van der Waals surface area contributed by atoms with E-state index in [9.17, 15) is 13.2 Å².